The van der Waals surface area contributed by atoms with E-state index in [0.29, 0.717) is 64.9 Å². The van der Waals surface area contributed by atoms with Crippen molar-refractivity contribution in [3.63, 3.8) is 0 Å². The van der Waals surface area contributed by atoms with E-state index in [2.05, 4.69) is 20.3 Å². The molecule has 0 aliphatic carbocycles. The van der Waals surface area contributed by atoms with Gasteiger partial charge in [-0.2, -0.15) is 0 Å². The second-order valence-corrected chi connectivity index (χ2v) is 10.4. The SMILES string of the molecule is CC(Nc1c(Cl)cnc2cc(F)c(-c3cnc(N4CCN(C(=O)C(N)CC(=O)O)CC4)nc3)cc12)c1ccccc1F. The first-order valence-electron chi connectivity index (χ1n) is 13.2. The van der Waals surface area contributed by atoms with Crippen molar-refractivity contribution in [2.75, 3.05) is 36.4 Å². The van der Waals surface area contributed by atoms with Crippen molar-refractivity contribution in [2.45, 2.75) is 25.4 Å². The summed E-state index contributed by atoms with van der Waals surface area (Å²) in [6.45, 7) is 3.33. The molecule has 0 spiro atoms. The summed E-state index contributed by atoms with van der Waals surface area (Å²) in [7, 11) is 0. The summed E-state index contributed by atoms with van der Waals surface area (Å²) in [5.41, 5.74) is 7.71. The molecule has 13 heteroatoms. The monoisotopic (exact) mass is 595 g/mol. The Hall–Kier alpha value is -4.42. The van der Waals surface area contributed by atoms with Crippen LogP contribution < -0.4 is 16.0 Å². The van der Waals surface area contributed by atoms with Crippen LogP contribution >= 0.6 is 11.6 Å². The van der Waals surface area contributed by atoms with E-state index in [4.69, 9.17) is 22.4 Å². The van der Waals surface area contributed by atoms with E-state index in [1.54, 1.807) is 31.2 Å². The molecule has 0 bridgehead atoms. The van der Waals surface area contributed by atoms with Crippen molar-refractivity contribution < 1.29 is 23.5 Å². The van der Waals surface area contributed by atoms with Gasteiger partial charge < -0.3 is 26.0 Å². The predicted molar refractivity (Wildman–Crippen MR) is 155 cm³/mol. The molecule has 2 atom stereocenters. The number of nitrogens with zero attached hydrogens (tertiary/aromatic N) is 5. The van der Waals surface area contributed by atoms with Gasteiger partial charge in [0.1, 0.15) is 11.6 Å². The average Bonchev–Trinajstić information content (AvgIpc) is 2.98. The Morgan fingerprint density at radius 1 is 1.05 bits per heavy atom. The first-order chi connectivity index (χ1) is 20.1. The maximum atomic E-state index is 15.2. The molecule has 2 aromatic carbocycles. The van der Waals surface area contributed by atoms with Crippen LogP contribution in [0.5, 0.6) is 0 Å². The van der Waals surface area contributed by atoms with Crippen LogP contribution in [0.4, 0.5) is 20.4 Å². The number of aromatic nitrogens is 3. The third-order valence-electron chi connectivity index (χ3n) is 7.18. The standard InChI is InChI=1S/C29H28ClF2N7O3/c1-16(18-4-2-3-5-22(18)31)37-27-20-10-19(23(32)11-25(20)34-15-21(27)30)17-13-35-29(36-14-17)39-8-6-38(7-9-39)28(42)24(33)12-26(40)41/h2-5,10-11,13-16,24H,6-9,12,33H2,1H3,(H,34,37)(H,40,41). The Morgan fingerprint density at radius 2 is 1.74 bits per heavy atom. The van der Waals surface area contributed by atoms with E-state index in [1.165, 1.54) is 35.6 Å². The zero-order valence-electron chi connectivity index (χ0n) is 22.6. The molecular formula is C29H28ClF2N7O3. The molecule has 0 saturated carbocycles. The summed E-state index contributed by atoms with van der Waals surface area (Å²) in [4.78, 5) is 39.8. The highest BCUT2D eigenvalue weighted by Gasteiger charge is 2.27. The van der Waals surface area contributed by atoms with Crippen LogP contribution in [0.3, 0.4) is 0 Å². The molecule has 1 amide bonds. The van der Waals surface area contributed by atoms with Gasteiger partial charge in [-0.15, -0.1) is 0 Å². The van der Waals surface area contributed by atoms with Crippen molar-refractivity contribution in [1.29, 1.82) is 0 Å². The summed E-state index contributed by atoms with van der Waals surface area (Å²) in [6, 6.07) is 7.82. The van der Waals surface area contributed by atoms with Gasteiger partial charge in [0.2, 0.25) is 11.9 Å². The molecule has 1 fully saturated rings. The molecule has 2 unspecified atom stereocenters. The number of benzene rings is 2. The first kappa shape index (κ1) is 29.1. The number of anilines is 2. The molecule has 2 aromatic heterocycles. The molecule has 3 heterocycles. The molecular weight excluding hydrogens is 568 g/mol. The van der Waals surface area contributed by atoms with Crippen molar-refractivity contribution >= 4 is 46.0 Å². The van der Waals surface area contributed by atoms with Gasteiger partial charge in [0.15, 0.2) is 0 Å². The van der Waals surface area contributed by atoms with Crippen LogP contribution in [0.25, 0.3) is 22.0 Å². The lowest BCUT2D eigenvalue weighted by Crippen LogP contribution is -2.53. The van der Waals surface area contributed by atoms with Crippen molar-refractivity contribution in [2.24, 2.45) is 5.73 Å². The lowest BCUT2D eigenvalue weighted by molar-refractivity contribution is -0.142. The van der Waals surface area contributed by atoms with Gasteiger partial charge in [0.05, 0.1) is 34.7 Å². The number of carboxylic acids is 1. The number of hydrogen-bond acceptors (Lipinski definition) is 8. The van der Waals surface area contributed by atoms with Crippen LogP contribution in [-0.2, 0) is 9.59 Å². The largest absolute Gasteiger partial charge is 0.481 e. The van der Waals surface area contributed by atoms with Crippen LogP contribution in [0, 0.1) is 11.6 Å². The topological polar surface area (TPSA) is 138 Å². The Labute approximate surface area is 245 Å². The molecule has 42 heavy (non-hydrogen) atoms. The highest BCUT2D eigenvalue weighted by atomic mass is 35.5. The zero-order valence-corrected chi connectivity index (χ0v) is 23.4. The van der Waals surface area contributed by atoms with E-state index >= 15 is 4.39 Å². The van der Waals surface area contributed by atoms with Crippen LogP contribution in [0.2, 0.25) is 5.02 Å². The number of aliphatic carboxylic acids is 1. The van der Waals surface area contributed by atoms with E-state index in [-0.39, 0.29) is 11.4 Å². The fourth-order valence-corrected chi connectivity index (χ4v) is 5.14. The number of hydrogen-bond donors (Lipinski definition) is 3. The van der Waals surface area contributed by atoms with Gasteiger partial charge in [-0.1, -0.05) is 29.8 Å². The number of halogens is 3. The molecule has 1 saturated heterocycles. The number of carboxylic acid groups (broad SMARTS) is 1. The lowest BCUT2D eigenvalue weighted by Gasteiger charge is -2.35. The second-order valence-electron chi connectivity index (χ2n) is 10.0. The van der Waals surface area contributed by atoms with Gasteiger partial charge in [-0.3, -0.25) is 14.6 Å². The number of pyridine rings is 1. The number of carbonyl (C=O) groups is 2. The third-order valence-corrected chi connectivity index (χ3v) is 7.46. The first-order valence-corrected chi connectivity index (χ1v) is 13.6. The number of rotatable bonds is 8. The molecule has 4 aromatic rings. The third kappa shape index (κ3) is 6.09. The highest BCUT2D eigenvalue weighted by Crippen LogP contribution is 2.36. The fourth-order valence-electron chi connectivity index (χ4n) is 4.94. The number of amides is 1. The summed E-state index contributed by atoms with van der Waals surface area (Å²) in [6.07, 6.45) is 4.02. The Bertz CT molecular complexity index is 1630. The Kier molecular flexibility index (Phi) is 8.46. The van der Waals surface area contributed by atoms with Gasteiger partial charge in [0.25, 0.3) is 0 Å². The summed E-state index contributed by atoms with van der Waals surface area (Å²) in [5, 5.41) is 13.0. The fraction of sp³-hybridized carbons (Fsp3) is 0.276. The van der Waals surface area contributed by atoms with E-state index in [1.807, 2.05) is 4.90 Å². The number of nitrogens with two attached hydrogens (primary N) is 1. The van der Waals surface area contributed by atoms with E-state index in [9.17, 15) is 14.0 Å². The average molecular weight is 596 g/mol. The molecule has 1 aliphatic rings. The van der Waals surface area contributed by atoms with Crippen LogP contribution in [-0.4, -0.2) is 69.1 Å². The molecule has 5 rings (SSSR count). The summed E-state index contributed by atoms with van der Waals surface area (Å²) < 4.78 is 29.6. The Balaban J connectivity index is 1.35. The number of carbonyl (C=O) groups excluding carboxylic acids is 1. The minimum Gasteiger partial charge on any atom is -0.481 e. The van der Waals surface area contributed by atoms with Gasteiger partial charge in [-0.05, 0) is 19.1 Å². The predicted octanol–water partition coefficient (Wildman–Crippen LogP) is 4.25. The number of fused-ring (bicyclic) bond motifs is 1. The molecule has 218 valence electrons. The normalized spacial score (nSPS) is 15.0. The molecule has 0 radical (unpaired) electrons. The van der Waals surface area contributed by atoms with Crippen molar-refractivity contribution in [1.82, 2.24) is 19.9 Å². The van der Waals surface area contributed by atoms with Crippen molar-refractivity contribution in [3.8, 4) is 11.1 Å². The minimum absolute atomic E-state index is 0.238. The zero-order chi connectivity index (χ0) is 30.0. The molecule has 1 aliphatic heterocycles. The minimum atomic E-state index is -1.13. The van der Waals surface area contributed by atoms with Gasteiger partial charge in [-0.25, -0.2) is 18.7 Å². The van der Waals surface area contributed by atoms with Crippen LogP contribution in [0.1, 0.15) is 24.9 Å². The van der Waals surface area contributed by atoms with E-state index < -0.39 is 36.2 Å². The maximum absolute atomic E-state index is 15.2. The van der Waals surface area contributed by atoms with Gasteiger partial charge >= 0.3 is 5.97 Å². The highest BCUT2D eigenvalue weighted by molar-refractivity contribution is 6.34. The summed E-state index contributed by atoms with van der Waals surface area (Å²) >= 11 is 6.49. The smallest absolute Gasteiger partial charge is 0.305 e. The summed E-state index contributed by atoms with van der Waals surface area (Å²) in [5.74, 6) is -2.01. The van der Waals surface area contributed by atoms with Gasteiger partial charge in [0, 0.05) is 72.9 Å². The maximum Gasteiger partial charge on any atom is 0.305 e. The van der Waals surface area contributed by atoms with E-state index in [0.717, 1.165) is 0 Å². The quantitative estimate of drug-likeness (QED) is 0.273. The lowest BCUT2D eigenvalue weighted by atomic mass is 10.0. The molecule has 4 N–H and O–H groups in total. The molecule has 10 nitrogen and oxygen atoms in total. The number of nitrogens with one attached hydrogen (secondary N) is 1. The second kappa shape index (κ2) is 12.2. The van der Waals surface area contributed by atoms with Crippen molar-refractivity contribution in [3.05, 3.63) is 77.2 Å². The van der Waals surface area contributed by atoms with Crippen LogP contribution in [0.15, 0.2) is 55.0 Å². The Morgan fingerprint density at radius 3 is 2.40 bits per heavy atom. The number of piperazine rings is 1.